The van der Waals surface area contributed by atoms with E-state index in [0.717, 1.165) is 12.1 Å². The van der Waals surface area contributed by atoms with Crippen LogP contribution in [0.2, 0.25) is 0 Å². The van der Waals surface area contributed by atoms with E-state index in [1.807, 2.05) is 0 Å². The smallest absolute Gasteiger partial charge is 0.258 e. The van der Waals surface area contributed by atoms with Gasteiger partial charge in [0.1, 0.15) is 23.0 Å². The second-order valence-electron chi connectivity index (χ2n) is 4.17. The third-order valence-corrected chi connectivity index (χ3v) is 2.86. The van der Waals surface area contributed by atoms with Gasteiger partial charge < -0.3 is 0 Å². The molecule has 1 heterocycles. The maximum absolute atomic E-state index is 13.5. The Morgan fingerprint density at radius 2 is 2.05 bits per heavy atom. The first-order chi connectivity index (χ1) is 8.90. The van der Waals surface area contributed by atoms with Crippen LogP contribution in [0.1, 0.15) is 17.0 Å². The first-order valence-corrected chi connectivity index (χ1v) is 5.52. The minimum absolute atomic E-state index is 0.0205. The third kappa shape index (κ3) is 2.44. The highest BCUT2D eigenvalue weighted by Gasteiger charge is 2.22. The minimum atomic E-state index is -0.699. The van der Waals surface area contributed by atoms with Crippen LogP contribution in [0.5, 0.6) is 0 Å². The van der Waals surface area contributed by atoms with E-state index in [2.05, 4.69) is 5.10 Å². The van der Waals surface area contributed by atoms with E-state index in [4.69, 9.17) is 0 Å². The van der Waals surface area contributed by atoms with Gasteiger partial charge in [-0.3, -0.25) is 14.8 Å². The van der Waals surface area contributed by atoms with Gasteiger partial charge in [0.05, 0.1) is 11.5 Å². The molecule has 0 aliphatic rings. The van der Waals surface area contributed by atoms with Crippen molar-refractivity contribution < 1.29 is 13.7 Å². The molecule has 2 aromatic rings. The van der Waals surface area contributed by atoms with Crippen molar-refractivity contribution in [1.29, 1.82) is 0 Å². The van der Waals surface area contributed by atoms with Gasteiger partial charge >= 0.3 is 5.69 Å². The molecular formula is C12H11F2N3O2. The van der Waals surface area contributed by atoms with E-state index in [0.29, 0.717) is 5.69 Å². The zero-order valence-electron chi connectivity index (χ0n) is 10.4. The fourth-order valence-corrected chi connectivity index (χ4v) is 1.92. The summed E-state index contributed by atoms with van der Waals surface area (Å²) >= 11 is 0. The van der Waals surface area contributed by atoms with Crippen LogP contribution in [0.15, 0.2) is 18.2 Å². The predicted octanol–water partition coefficient (Wildman–Crippen LogP) is 2.73. The second kappa shape index (κ2) is 4.75. The maximum Gasteiger partial charge on any atom is 0.312 e. The molecule has 0 unspecified atom stereocenters. The molecule has 7 heteroatoms. The average molecular weight is 267 g/mol. The zero-order valence-corrected chi connectivity index (χ0v) is 10.4. The molecule has 0 bridgehead atoms. The number of nitrogens with zero attached hydrogens (tertiary/aromatic N) is 3. The Morgan fingerprint density at radius 3 is 2.58 bits per heavy atom. The first-order valence-electron chi connectivity index (χ1n) is 5.52. The highest BCUT2D eigenvalue weighted by Crippen LogP contribution is 2.23. The van der Waals surface area contributed by atoms with Gasteiger partial charge in [-0.2, -0.15) is 5.10 Å². The summed E-state index contributed by atoms with van der Waals surface area (Å²) in [6.07, 6.45) is 0. The lowest BCUT2D eigenvalue weighted by molar-refractivity contribution is -0.386. The number of aryl methyl sites for hydroxylation is 1. The van der Waals surface area contributed by atoms with E-state index in [1.54, 1.807) is 6.92 Å². The van der Waals surface area contributed by atoms with Crippen molar-refractivity contribution in [2.45, 2.75) is 20.4 Å². The number of benzene rings is 1. The van der Waals surface area contributed by atoms with Crippen molar-refractivity contribution >= 4 is 5.69 Å². The van der Waals surface area contributed by atoms with Crippen LogP contribution in [0.3, 0.4) is 0 Å². The van der Waals surface area contributed by atoms with Gasteiger partial charge in [0.25, 0.3) is 0 Å². The summed E-state index contributed by atoms with van der Waals surface area (Å²) in [5.41, 5.74) is 0.751. The van der Waals surface area contributed by atoms with Crippen LogP contribution in [0.4, 0.5) is 14.5 Å². The van der Waals surface area contributed by atoms with Gasteiger partial charge in [-0.1, -0.05) is 6.07 Å². The Kier molecular flexibility index (Phi) is 3.28. The molecule has 0 aliphatic carbocycles. The van der Waals surface area contributed by atoms with Gasteiger partial charge in [-0.25, -0.2) is 8.78 Å². The third-order valence-electron chi connectivity index (χ3n) is 2.86. The van der Waals surface area contributed by atoms with Gasteiger partial charge in [-0.05, 0) is 19.9 Å². The molecule has 0 spiro atoms. The molecule has 0 fully saturated rings. The number of hydrogen-bond donors (Lipinski definition) is 0. The Morgan fingerprint density at radius 1 is 1.37 bits per heavy atom. The van der Waals surface area contributed by atoms with E-state index < -0.39 is 16.6 Å². The molecule has 0 atom stereocenters. The largest absolute Gasteiger partial charge is 0.312 e. The summed E-state index contributed by atoms with van der Waals surface area (Å²) in [5.74, 6) is -1.36. The Labute approximate surface area is 107 Å². The molecule has 1 aromatic carbocycles. The van der Waals surface area contributed by atoms with Gasteiger partial charge in [-0.15, -0.1) is 0 Å². The Balaban J connectivity index is 2.39. The quantitative estimate of drug-likeness (QED) is 0.634. The van der Waals surface area contributed by atoms with E-state index in [-0.39, 0.29) is 23.5 Å². The Bertz CT molecular complexity index is 653. The summed E-state index contributed by atoms with van der Waals surface area (Å²) < 4.78 is 27.6. The van der Waals surface area contributed by atoms with Crippen LogP contribution in [0, 0.1) is 35.6 Å². The van der Waals surface area contributed by atoms with Crippen molar-refractivity contribution in [3.05, 3.63) is 56.9 Å². The molecule has 19 heavy (non-hydrogen) atoms. The van der Waals surface area contributed by atoms with Gasteiger partial charge in [0.15, 0.2) is 0 Å². The number of halogens is 2. The predicted molar refractivity (Wildman–Crippen MR) is 63.8 cm³/mol. The molecule has 1 aromatic heterocycles. The SMILES string of the molecule is Cc1nn(Cc2ccc(F)cc2F)c(C)c1[N+](=O)[O-]. The lowest BCUT2D eigenvalue weighted by Gasteiger charge is -2.05. The zero-order chi connectivity index (χ0) is 14.2. The molecule has 2 rings (SSSR count). The monoisotopic (exact) mass is 267 g/mol. The molecule has 0 saturated carbocycles. The van der Waals surface area contributed by atoms with Crippen LogP contribution in [-0.2, 0) is 6.54 Å². The number of hydrogen-bond acceptors (Lipinski definition) is 3. The fourth-order valence-electron chi connectivity index (χ4n) is 1.92. The summed E-state index contributed by atoms with van der Waals surface area (Å²) in [5, 5.41) is 14.9. The van der Waals surface area contributed by atoms with Crippen molar-refractivity contribution in [3.63, 3.8) is 0 Å². The molecule has 0 radical (unpaired) electrons. The topological polar surface area (TPSA) is 61.0 Å². The van der Waals surface area contributed by atoms with Crippen LogP contribution >= 0.6 is 0 Å². The van der Waals surface area contributed by atoms with Crippen LogP contribution in [0.25, 0.3) is 0 Å². The minimum Gasteiger partial charge on any atom is -0.258 e. The van der Waals surface area contributed by atoms with E-state index in [1.165, 1.54) is 17.7 Å². The maximum atomic E-state index is 13.5. The van der Waals surface area contributed by atoms with Crippen LogP contribution < -0.4 is 0 Å². The van der Waals surface area contributed by atoms with Crippen LogP contribution in [-0.4, -0.2) is 14.7 Å². The Hall–Kier alpha value is -2.31. The average Bonchev–Trinajstić information content (AvgIpc) is 2.58. The molecule has 5 nitrogen and oxygen atoms in total. The lowest BCUT2D eigenvalue weighted by Crippen LogP contribution is -2.06. The lowest BCUT2D eigenvalue weighted by atomic mass is 10.2. The standard InChI is InChI=1S/C12H11F2N3O2/c1-7-12(17(18)19)8(2)16(15-7)6-9-3-4-10(13)5-11(9)14/h3-5H,6H2,1-2H3. The molecule has 100 valence electrons. The van der Waals surface area contributed by atoms with E-state index >= 15 is 0 Å². The summed E-state index contributed by atoms with van der Waals surface area (Å²) in [6, 6.07) is 3.21. The highest BCUT2D eigenvalue weighted by molar-refractivity contribution is 5.39. The van der Waals surface area contributed by atoms with Crippen molar-refractivity contribution in [2.24, 2.45) is 0 Å². The summed E-state index contributed by atoms with van der Waals surface area (Å²) in [4.78, 5) is 10.3. The summed E-state index contributed by atoms with van der Waals surface area (Å²) in [6.45, 7) is 3.08. The molecule has 0 saturated heterocycles. The molecular weight excluding hydrogens is 256 g/mol. The van der Waals surface area contributed by atoms with Gasteiger partial charge in [0, 0.05) is 11.6 Å². The highest BCUT2D eigenvalue weighted by atomic mass is 19.1. The number of nitro groups is 1. The first kappa shape index (κ1) is 13.1. The summed E-state index contributed by atoms with van der Waals surface area (Å²) in [7, 11) is 0. The van der Waals surface area contributed by atoms with Crippen molar-refractivity contribution in [1.82, 2.24) is 9.78 Å². The number of aromatic nitrogens is 2. The fraction of sp³-hybridized carbons (Fsp3) is 0.250. The normalized spacial score (nSPS) is 10.7. The molecule has 0 aliphatic heterocycles. The van der Waals surface area contributed by atoms with Gasteiger partial charge in [0.2, 0.25) is 0 Å². The van der Waals surface area contributed by atoms with Crippen molar-refractivity contribution in [3.8, 4) is 0 Å². The molecule has 0 N–H and O–H groups in total. The molecule has 0 amide bonds. The second-order valence-corrected chi connectivity index (χ2v) is 4.17. The van der Waals surface area contributed by atoms with Crippen molar-refractivity contribution in [2.75, 3.05) is 0 Å². The number of rotatable bonds is 3. The van der Waals surface area contributed by atoms with E-state index in [9.17, 15) is 18.9 Å².